The third-order valence-electron chi connectivity index (χ3n) is 6.13. The molecule has 0 bridgehead atoms. The van der Waals surface area contributed by atoms with Crippen molar-refractivity contribution >= 4 is 28.4 Å². The molecule has 0 saturated carbocycles. The van der Waals surface area contributed by atoms with Crippen LogP contribution in [0.25, 0.3) is 10.9 Å². The van der Waals surface area contributed by atoms with E-state index in [0.717, 1.165) is 30.4 Å². The monoisotopic (exact) mass is 418 g/mol. The van der Waals surface area contributed by atoms with Crippen LogP contribution < -0.4 is 10.2 Å². The van der Waals surface area contributed by atoms with Gasteiger partial charge >= 0.3 is 0 Å². The predicted molar refractivity (Wildman–Crippen MR) is 124 cm³/mol. The molecule has 3 aromatic rings. The summed E-state index contributed by atoms with van der Waals surface area (Å²) >= 11 is 0. The van der Waals surface area contributed by atoms with Crippen LogP contribution in [0.4, 0.5) is 5.69 Å². The molecule has 6 heteroatoms. The van der Waals surface area contributed by atoms with E-state index in [1.165, 1.54) is 12.8 Å². The number of H-pyrrole nitrogens is 1. The first kappa shape index (κ1) is 21.1. The standard InChI is InChI=1S/C25H30N4O2/c1-28-15-11-19(12-16-28)9-13-27-24(30)18-29(22-5-3-2-4-6-22)25(31)21-8-7-20-10-14-26-23(20)17-21/h2-8,10,14,17,19,26H,9,11-13,15-16,18H2,1H3,(H,27,30). The maximum atomic E-state index is 13.3. The van der Waals surface area contributed by atoms with E-state index in [1.807, 2.05) is 60.8 Å². The number of aromatic nitrogens is 1. The number of piperidine rings is 1. The molecule has 4 rings (SSSR count). The van der Waals surface area contributed by atoms with Crippen molar-refractivity contribution in [1.29, 1.82) is 0 Å². The molecule has 1 aliphatic rings. The highest BCUT2D eigenvalue weighted by atomic mass is 16.2. The highest BCUT2D eigenvalue weighted by Crippen LogP contribution is 2.21. The lowest BCUT2D eigenvalue weighted by molar-refractivity contribution is -0.119. The summed E-state index contributed by atoms with van der Waals surface area (Å²) in [5.41, 5.74) is 2.17. The molecule has 6 nitrogen and oxygen atoms in total. The van der Waals surface area contributed by atoms with Crippen molar-refractivity contribution in [3.8, 4) is 0 Å². The first-order valence-corrected chi connectivity index (χ1v) is 11.0. The lowest BCUT2D eigenvalue weighted by Crippen LogP contribution is -2.41. The molecular weight excluding hydrogens is 388 g/mol. The number of anilines is 1. The number of amides is 2. The van der Waals surface area contributed by atoms with E-state index in [1.54, 1.807) is 4.90 Å². The van der Waals surface area contributed by atoms with Crippen molar-refractivity contribution in [2.45, 2.75) is 19.3 Å². The number of para-hydroxylation sites is 1. The van der Waals surface area contributed by atoms with Crippen molar-refractivity contribution in [2.75, 3.05) is 38.1 Å². The Kier molecular flexibility index (Phi) is 6.67. The molecule has 162 valence electrons. The highest BCUT2D eigenvalue weighted by Gasteiger charge is 2.22. The Morgan fingerprint density at radius 3 is 2.65 bits per heavy atom. The van der Waals surface area contributed by atoms with E-state index >= 15 is 0 Å². The van der Waals surface area contributed by atoms with Gasteiger partial charge in [0.2, 0.25) is 5.91 Å². The van der Waals surface area contributed by atoms with Crippen LogP contribution in [0.1, 0.15) is 29.6 Å². The molecule has 2 N–H and O–H groups in total. The molecule has 1 fully saturated rings. The minimum absolute atomic E-state index is 0.000978. The summed E-state index contributed by atoms with van der Waals surface area (Å²) < 4.78 is 0. The van der Waals surface area contributed by atoms with Crippen LogP contribution in [0.3, 0.4) is 0 Å². The zero-order valence-corrected chi connectivity index (χ0v) is 18.0. The van der Waals surface area contributed by atoms with Crippen LogP contribution in [0.2, 0.25) is 0 Å². The van der Waals surface area contributed by atoms with Crippen molar-refractivity contribution in [3.05, 3.63) is 66.4 Å². The normalized spacial score (nSPS) is 15.1. The van der Waals surface area contributed by atoms with Gasteiger partial charge in [-0.2, -0.15) is 0 Å². The number of fused-ring (bicyclic) bond motifs is 1. The number of nitrogens with one attached hydrogen (secondary N) is 2. The maximum absolute atomic E-state index is 13.3. The van der Waals surface area contributed by atoms with Crippen molar-refractivity contribution in [2.24, 2.45) is 5.92 Å². The lowest BCUT2D eigenvalue weighted by Gasteiger charge is -2.29. The van der Waals surface area contributed by atoms with Crippen LogP contribution in [-0.2, 0) is 4.79 Å². The van der Waals surface area contributed by atoms with E-state index in [9.17, 15) is 9.59 Å². The maximum Gasteiger partial charge on any atom is 0.258 e. The number of carbonyl (C=O) groups is 2. The van der Waals surface area contributed by atoms with E-state index < -0.39 is 0 Å². The lowest BCUT2D eigenvalue weighted by atomic mass is 9.94. The molecule has 2 amide bonds. The molecule has 1 aliphatic heterocycles. The second-order valence-electron chi connectivity index (χ2n) is 8.39. The number of likely N-dealkylation sites (tertiary alicyclic amines) is 1. The molecule has 0 spiro atoms. The quantitative estimate of drug-likeness (QED) is 0.615. The van der Waals surface area contributed by atoms with Gasteiger partial charge in [-0.15, -0.1) is 0 Å². The Bertz CT molecular complexity index is 1020. The molecule has 0 radical (unpaired) electrons. The van der Waals surface area contributed by atoms with Gasteiger partial charge in [-0.3, -0.25) is 14.5 Å². The number of carbonyl (C=O) groups excluding carboxylic acids is 2. The third kappa shape index (κ3) is 5.33. The highest BCUT2D eigenvalue weighted by molar-refractivity contribution is 6.10. The first-order chi connectivity index (χ1) is 15.1. The van der Waals surface area contributed by atoms with Gasteiger partial charge in [0, 0.05) is 29.5 Å². The molecule has 0 aliphatic carbocycles. The Balaban J connectivity index is 1.41. The minimum Gasteiger partial charge on any atom is -0.361 e. The average Bonchev–Trinajstić information content (AvgIpc) is 3.27. The van der Waals surface area contributed by atoms with Gasteiger partial charge in [-0.25, -0.2) is 0 Å². The Labute approximate surface area is 183 Å². The van der Waals surface area contributed by atoms with E-state index in [-0.39, 0.29) is 18.4 Å². The summed E-state index contributed by atoms with van der Waals surface area (Å²) in [6, 6.07) is 16.9. The largest absolute Gasteiger partial charge is 0.361 e. The van der Waals surface area contributed by atoms with E-state index in [0.29, 0.717) is 23.7 Å². The summed E-state index contributed by atoms with van der Waals surface area (Å²) in [6.07, 6.45) is 5.21. The number of hydrogen-bond acceptors (Lipinski definition) is 3. The Hall–Kier alpha value is -3.12. The zero-order chi connectivity index (χ0) is 21.6. The molecule has 0 atom stereocenters. The van der Waals surface area contributed by atoms with Crippen molar-refractivity contribution in [1.82, 2.24) is 15.2 Å². The zero-order valence-electron chi connectivity index (χ0n) is 18.0. The van der Waals surface area contributed by atoms with Crippen molar-refractivity contribution in [3.63, 3.8) is 0 Å². The number of nitrogens with zero attached hydrogens (tertiary/aromatic N) is 2. The van der Waals surface area contributed by atoms with Gasteiger partial charge in [0.1, 0.15) is 6.54 Å². The number of rotatable bonds is 7. The molecule has 1 saturated heterocycles. The Morgan fingerprint density at radius 2 is 1.87 bits per heavy atom. The second-order valence-corrected chi connectivity index (χ2v) is 8.39. The van der Waals surface area contributed by atoms with Crippen LogP contribution in [0.15, 0.2) is 60.8 Å². The smallest absolute Gasteiger partial charge is 0.258 e. The van der Waals surface area contributed by atoms with Gasteiger partial charge in [-0.05, 0) is 81.0 Å². The average molecular weight is 419 g/mol. The predicted octanol–water partition coefficient (Wildman–Crippen LogP) is 3.66. The SMILES string of the molecule is CN1CCC(CCNC(=O)CN(C(=O)c2ccc3cc[nH]c3c2)c2ccccc2)CC1. The molecule has 2 heterocycles. The molecule has 2 aromatic carbocycles. The number of hydrogen-bond donors (Lipinski definition) is 2. The molecule has 0 unspecified atom stereocenters. The summed E-state index contributed by atoms with van der Waals surface area (Å²) in [7, 11) is 2.15. The van der Waals surface area contributed by atoms with Crippen molar-refractivity contribution < 1.29 is 9.59 Å². The van der Waals surface area contributed by atoms with Crippen LogP contribution >= 0.6 is 0 Å². The van der Waals surface area contributed by atoms with E-state index in [4.69, 9.17) is 0 Å². The number of benzene rings is 2. The summed E-state index contributed by atoms with van der Waals surface area (Å²) in [4.78, 5) is 33.1. The second kappa shape index (κ2) is 9.79. The Morgan fingerprint density at radius 1 is 1.10 bits per heavy atom. The summed E-state index contributed by atoms with van der Waals surface area (Å²) in [5, 5.41) is 4.07. The van der Waals surface area contributed by atoms with Gasteiger partial charge in [0.05, 0.1) is 0 Å². The number of aromatic amines is 1. The topological polar surface area (TPSA) is 68.4 Å². The van der Waals surface area contributed by atoms with Gasteiger partial charge in [0.25, 0.3) is 5.91 Å². The fourth-order valence-corrected chi connectivity index (χ4v) is 4.19. The van der Waals surface area contributed by atoms with Crippen LogP contribution in [0, 0.1) is 5.92 Å². The molecular formula is C25H30N4O2. The van der Waals surface area contributed by atoms with Gasteiger partial charge < -0.3 is 15.2 Å². The first-order valence-electron chi connectivity index (χ1n) is 11.0. The summed E-state index contributed by atoms with van der Waals surface area (Å²) in [6.45, 7) is 2.90. The van der Waals surface area contributed by atoms with E-state index in [2.05, 4.69) is 22.2 Å². The molecule has 31 heavy (non-hydrogen) atoms. The van der Waals surface area contributed by atoms with Gasteiger partial charge in [0.15, 0.2) is 0 Å². The van der Waals surface area contributed by atoms with Crippen LogP contribution in [0.5, 0.6) is 0 Å². The minimum atomic E-state index is -0.187. The third-order valence-corrected chi connectivity index (χ3v) is 6.13. The summed E-state index contributed by atoms with van der Waals surface area (Å²) in [5.74, 6) is 0.343. The molecule has 1 aromatic heterocycles. The fourth-order valence-electron chi connectivity index (χ4n) is 4.19. The van der Waals surface area contributed by atoms with Crippen LogP contribution in [-0.4, -0.2) is 54.9 Å². The fraction of sp³-hybridized carbons (Fsp3) is 0.360. The van der Waals surface area contributed by atoms with Gasteiger partial charge in [-0.1, -0.05) is 24.3 Å².